The number of hydrogen-bond donors (Lipinski definition) is 3. The molecular formula is C21H33IN4O2. The molecule has 0 aliphatic carbocycles. The summed E-state index contributed by atoms with van der Waals surface area (Å²) < 4.78 is 11.1. The second-order valence-corrected chi connectivity index (χ2v) is 6.89. The number of aliphatic imine (C=N–C) groups is 1. The van der Waals surface area contributed by atoms with Crippen LogP contribution in [0.3, 0.4) is 0 Å². The Bertz CT molecular complexity index is 741. The van der Waals surface area contributed by atoms with E-state index in [1.807, 2.05) is 0 Å². The summed E-state index contributed by atoms with van der Waals surface area (Å²) in [5.74, 6) is 0.841. The van der Waals surface area contributed by atoms with Crippen LogP contribution in [-0.4, -0.2) is 57.0 Å². The zero-order valence-corrected chi connectivity index (χ0v) is 19.3. The lowest BCUT2D eigenvalue weighted by Gasteiger charge is -2.13. The van der Waals surface area contributed by atoms with Crippen LogP contribution < -0.4 is 10.6 Å². The second-order valence-electron chi connectivity index (χ2n) is 6.89. The van der Waals surface area contributed by atoms with Gasteiger partial charge in [0.2, 0.25) is 0 Å². The Morgan fingerprint density at radius 1 is 1.29 bits per heavy atom. The molecule has 3 N–H and O–H groups in total. The first-order valence-electron chi connectivity index (χ1n) is 10.0. The minimum atomic E-state index is 0. The number of halogens is 1. The maximum absolute atomic E-state index is 5.78. The number of guanidine groups is 1. The van der Waals surface area contributed by atoms with E-state index in [1.165, 1.54) is 22.0 Å². The van der Waals surface area contributed by atoms with Crippen molar-refractivity contribution in [1.82, 2.24) is 15.6 Å². The predicted molar refractivity (Wildman–Crippen MR) is 126 cm³/mol. The maximum Gasteiger partial charge on any atom is 0.190 e. The van der Waals surface area contributed by atoms with Crippen LogP contribution in [0.1, 0.15) is 30.9 Å². The van der Waals surface area contributed by atoms with Crippen molar-refractivity contribution in [1.29, 1.82) is 0 Å². The summed E-state index contributed by atoms with van der Waals surface area (Å²) >= 11 is 0. The largest absolute Gasteiger partial charge is 0.379 e. The standard InChI is InChI=1S/C21H32N4O2.HI/c1-3-16-6-4-7-19-17(14-25-20(16)19)8-11-24-21(22-2)23-10-5-12-27-18-9-13-26-15-18;/h4,6-7,14,18,25H,3,5,8-13,15H2,1-2H3,(H2,22,23,24);1H. The number of H-pyrrole nitrogens is 1. The molecule has 1 unspecified atom stereocenters. The Hall–Kier alpha value is -1.32. The smallest absolute Gasteiger partial charge is 0.190 e. The number of ether oxygens (including phenoxy) is 2. The van der Waals surface area contributed by atoms with Crippen LogP contribution in [0.2, 0.25) is 0 Å². The molecule has 1 aromatic heterocycles. The zero-order chi connectivity index (χ0) is 18.9. The third kappa shape index (κ3) is 6.35. The molecule has 1 aliphatic rings. The number of hydrogen-bond acceptors (Lipinski definition) is 3. The summed E-state index contributed by atoms with van der Waals surface area (Å²) in [6.45, 7) is 6.21. The molecule has 0 amide bonds. The average Bonchev–Trinajstić information content (AvgIpc) is 3.36. The first-order chi connectivity index (χ1) is 13.3. The van der Waals surface area contributed by atoms with Crippen LogP contribution in [-0.2, 0) is 22.3 Å². The normalized spacial score (nSPS) is 16.9. The van der Waals surface area contributed by atoms with Gasteiger partial charge in [0.25, 0.3) is 0 Å². The van der Waals surface area contributed by atoms with Crippen LogP contribution in [0.25, 0.3) is 10.9 Å². The van der Waals surface area contributed by atoms with Gasteiger partial charge < -0.3 is 25.1 Å². The molecule has 1 atom stereocenters. The van der Waals surface area contributed by atoms with E-state index < -0.39 is 0 Å². The fourth-order valence-electron chi connectivity index (χ4n) is 3.49. The van der Waals surface area contributed by atoms with Crippen molar-refractivity contribution in [2.75, 3.05) is 40.0 Å². The first kappa shape index (κ1) is 23.0. The van der Waals surface area contributed by atoms with Crippen molar-refractivity contribution in [2.24, 2.45) is 4.99 Å². The van der Waals surface area contributed by atoms with Crippen LogP contribution in [0.4, 0.5) is 0 Å². The Labute approximate surface area is 184 Å². The monoisotopic (exact) mass is 500 g/mol. The number of fused-ring (bicyclic) bond motifs is 1. The van der Waals surface area contributed by atoms with Crippen molar-refractivity contribution < 1.29 is 9.47 Å². The highest BCUT2D eigenvalue weighted by molar-refractivity contribution is 14.0. The van der Waals surface area contributed by atoms with Crippen molar-refractivity contribution in [3.8, 4) is 0 Å². The van der Waals surface area contributed by atoms with Gasteiger partial charge in [-0.1, -0.05) is 25.1 Å². The predicted octanol–water partition coefficient (Wildman–Crippen LogP) is 3.25. The van der Waals surface area contributed by atoms with Gasteiger partial charge in [-0.25, -0.2) is 0 Å². The van der Waals surface area contributed by atoms with Gasteiger partial charge >= 0.3 is 0 Å². The van der Waals surface area contributed by atoms with E-state index in [0.29, 0.717) is 0 Å². The quantitative estimate of drug-likeness (QED) is 0.214. The van der Waals surface area contributed by atoms with Crippen LogP contribution >= 0.6 is 24.0 Å². The number of aromatic nitrogens is 1. The average molecular weight is 500 g/mol. The Morgan fingerprint density at radius 3 is 2.89 bits per heavy atom. The lowest BCUT2D eigenvalue weighted by molar-refractivity contribution is 0.0420. The zero-order valence-electron chi connectivity index (χ0n) is 16.9. The molecule has 3 rings (SSSR count). The van der Waals surface area contributed by atoms with Gasteiger partial charge in [-0.15, -0.1) is 24.0 Å². The highest BCUT2D eigenvalue weighted by Crippen LogP contribution is 2.22. The molecule has 0 saturated carbocycles. The molecule has 6 nitrogen and oxygen atoms in total. The van der Waals surface area contributed by atoms with E-state index in [1.54, 1.807) is 7.05 Å². The fraction of sp³-hybridized carbons (Fsp3) is 0.571. The Morgan fingerprint density at radius 2 is 2.14 bits per heavy atom. The van der Waals surface area contributed by atoms with Crippen molar-refractivity contribution >= 4 is 40.8 Å². The SMILES string of the molecule is CCc1cccc2c(CCNC(=NC)NCCCOC3CCOC3)c[nH]c12.I. The lowest BCUT2D eigenvalue weighted by atomic mass is 10.1. The molecule has 1 saturated heterocycles. The maximum atomic E-state index is 5.78. The van der Waals surface area contributed by atoms with Gasteiger partial charge in [0.1, 0.15) is 0 Å². The summed E-state index contributed by atoms with van der Waals surface area (Å²) in [5, 5.41) is 8.07. The number of benzene rings is 1. The van der Waals surface area contributed by atoms with E-state index >= 15 is 0 Å². The molecule has 2 heterocycles. The molecule has 1 aromatic carbocycles. The molecule has 156 valence electrons. The number of nitrogens with zero attached hydrogens (tertiary/aromatic N) is 1. The van der Waals surface area contributed by atoms with E-state index in [-0.39, 0.29) is 30.1 Å². The van der Waals surface area contributed by atoms with E-state index in [2.05, 4.69) is 51.9 Å². The molecule has 2 aromatic rings. The van der Waals surface area contributed by atoms with E-state index in [0.717, 1.165) is 64.6 Å². The van der Waals surface area contributed by atoms with Crippen molar-refractivity contribution in [3.05, 3.63) is 35.5 Å². The third-order valence-electron chi connectivity index (χ3n) is 5.03. The Kier molecular flexibility index (Phi) is 10.1. The molecule has 28 heavy (non-hydrogen) atoms. The van der Waals surface area contributed by atoms with Gasteiger partial charge in [-0.3, -0.25) is 4.99 Å². The van der Waals surface area contributed by atoms with E-state index in [9.17, 15) is 0 Å². The molecule has 0 spiro atoms. The number of nitrogens with one attached hydrogen (secondary N) is 3. The number of para-hydroxylation sites is 1. The van der Waals surface area contributed by atoms with Crippen LogP contribution in [0, 0.1) is 0 Å². The highest BCUT2D eigenvalue weighted by atomic mass is 127. The second kappa shape index (κ2) is 12.3. The number of rotatable bonds is 9. The highest BCUT2D eigenvalue weighted by Gasteiger charge is 2.15. The summed E-state index contributed by atoms with van der Waals surface area (Å²) in [4.78, 5) is 7.73. The van der Waals surface area contributed by atoms with Gasteiger partial charge in [-0.05, 0) is 36.8 Å². The molecule has 1 fully saturated rings. The Balaban J connectivity index is 0.00000280. The molecule has 7 heteroatoms. The lowest BCUT2D eigenvalue weighted by Crippen LogP contribution is -2.39. The van der Waals surface area contributed by atoms with Gasteiger partial charge in [0, 0.05) is 50.5 Å². The third-order valence-corrected chi connectivity index (χ3v) is 5.03. The van der Waals surface area contributed by atoms with Gasteiger partial charge in [-0.2, -0.15) is 0 Å². The summed E-state index contributed by atoms with van der Waals surface area (Å²) in [5.41, 5.74) is 3.98. The summed E-state index contributed by atoms with van der Waals surface area (Å²) in [6, 6.07) is 6.53. The number of aryl methyl sites for hydroxylation is 1. The fourth-order valence-corrected chi connectivity index (χ4v) is 3.49. The van der Waals surface area contributed by atoms with E-state index in [4.69, 9.17) is 9.47 Å². The molecule has 0 radical (unpaired) electrons. The first-order valence-corrected chi connectivity index (χ1v) is 10.0. The summed E-state index contributed by atoms with van der Waals surface area (Å²) in [7, 11) is 1.81. The van der Waals surface area contributed by atoms with Gasteiger partial charge in [0.05, 0.1) is 12.7 Å². The number of aromatic amines is 1. The van der Waals surface area contributed by atoms with Crippen molar-refractivity contribution in [3.63, 3.8) is 0 Å². The molecule has 0 bridgehead atoms. The van der Waals surface area contributed by atoms with Crippen LogP contribution in [0.5, 0.6) is 0 Å². The minimum Gasteiger partial charge on any atom is -0.379 e. The molecular weight excluding hydrogens is 467 g/mol. The summed E-state index contributed by atoms with van der Waals surface area (Å²) in [6.07, 6.45) is 6.39. The van der Waals surface area contributed by atoms with Crippen LogP contribution in [0.15, 0.2) is 29.4 Å². The van der Waals surface area contributed by atoms with Gasteiger partial charge in [0.15, 0.2) is 5.96 Å². The topological polar surface area (TPSA) is 70.7 Å². The van der Waals surface area contributed by atoms with Crippen molar-refractivity contribution in [2.45, 2.75) is 38.7 Å². The minimum absolute atomic E-state index is 0. The molecule has 1 aliphatic heterocycles.